The van der Waals surface area contributed by atoms with Gasteiger partial charge in [-0.2, -0.15) is 4.31 Å². The van der Waals surface area contributed by atoms with Crippen LogP contribution in [-0.2, 0) is 16.6 Å². The van der Waals surface area contributed by atoms with Crippen molar-refractivity contribution in [3.63, 3.8) is 0 Å². The molecule has 0 fully saturated rings. The first kappa shape index (κ1) is 17.5. The van der Waals surface area contributed by atoms with Crippen molar-refractivity contribution in [3.05, 3.63) is 41.3 Å². The molecule has 7 heteroatoms. The van der Waals surface area contributed by atoms with Gasteiger partial charge < -0.3 is 9.84 Å². The maximum absolute atomic E-state index is 12.6. The molecule has 2 aromatic rings. The van der Waals surface area contributed by atoms with Crippen LogP contribution in [0.2, 0.25) is 0 Å². The van der Waals surface area contributed by atoms with E-state index in [1.165, 1.54) is 4.31 Å². The lowest BCUT2D eigenvalue weighted by Gasteiger charge is -2.19. The largest absolute Gasteiger partial charge is 0.381 e. The lowest BCUT2D eigenvalue weighted by atomic mass is 10.2. The molecule has 0 spiro atoms. The minimum absolute atomic E-state index is 0.296. The van der Waals surface area contributed by atoms with Crippen LogP contribution >= 0.6 is 0 Å². The molecule has 0 unspecified atom stereocenters. The molecular formula is C16H23N3O3S. The first-order valence-corrected chi connectivity index (χ1v) is 9.10. The van der Waals surface area contributed by atoms with Crippen LogP contribution in [0.15, 0.2) is 33.7 Å². The van der Waals surface area contributed by atoms with Crippen molar-refractivity contribution in [1.29, 1.82) is 0 Å². The molecule has 1 aromatic heterocycles. The van der Waals surface area contributed by atoms with Gasteiger partial charge in [-0.3, -0.25) is 0 Å². The molecule has 126 valence electrons. The third-order valence-electron chi connectivity index (χ3n) is 3.83. The molecule has 1 aromatic carbocycles. The first-order chi connectivity index (χ1) is 10.9. The summed E-state index contributed by atoms with van der Waals surface area (Å²) >= 11 is 0. The van der Waals surface area contributed by atoms with Crippen molar-refractivity contribution in [2.75, 3.05) is 18.4 Å². The van der Waals surface area contributed by atoms with Crippen LogP contribution in [0.5, 0.6) is 0 Å². The molecule has 0 aliphatic rings. The van der Waals surface area contributed by atoms with Gasteiger partial charge in [0.25, 0.3) is 0 Å². The van der Waals surface area contributed by atoms with E-state index in [1.54, 1.807) is 18.2 Å². The van der Waals surface area contributed by atoms with Gasteiger partial charge in [0.2, 0.25) is 10.0 Å². The number of aromatic nitrogens is 1. The van der Waals surface area contributed by atoms with E-state index in [9.17, 15) is 8.42 Å². The predicted molar refractivity (Wildman–Crippen MR) is 89.9 cm³/mol. The highest BCUT2D eigenvalue weighted by molar-refractivity contribution is 7.89. The second-order valence-corrected chi connectivity index (χ2v) is 7.21. The smallest absolute Gasteiger partial charge is 0.243 e. The fraction of sp³-hybridized carbons (Fsp3) is 0.438. The van der Waals surface area contributed by atoms with Crippen LogP contribution in [0.3, 0.4) is 0 Å². The van der Waals surface area contributed by atoms with Gasteiger partial charge in [0.05, 0.1) is 10.6 Å². The maximum Gasteiger partial charge on any atom is 0.243 e. The Balaban J connectivity index is 2.20. The summed E-state index contributed by atoms with van der Waals surface area (Å²) in [5.74, 6) is 0.766. The number of hydrogen-bond acceptors (Lipinski definition) is 5. The summed E-state index contributed by atoms with van der Waals surface area (Å²) < 4.78 is 31.7. The van der Waals surface area contributed by atoms with E-state index in [0.717, 1.165) is 22.7 Å². The second-order valence-electron chi connectivity index (χ2n) is 5.27. The fourth-order valence-electron chi connectivity index (χ4n) is 2.42. The molecule has 2 rings (SSSR count). The van der Waals surface area contributed by atoms with Crippen molar-refractivity contribution in [2.24, 2.45) is 0 Å². The highest BCUT2D eigenvalue weighted by Crippen LogP contribution is 2.21. The number of nitrogens with zero attached hydrogens (tertiary/aromatic N) is 2. The maximum atomic E-state index is 12.6. The van der Waals surface area contributed by atoms with Crippen LogP contribution in [0.25, 0.3) is 0 Å². The van der Waals surface area contributed by atoms with Crippen LogP contribution in [0.4, 0.5) is 5.69 Å². The molecule has 23 heavy (non-hydrogen) atoms. The molecule has 0 atom stereocenters. The third-order valence-corrected chi connectivity index (χ3v) is 5.87. The van der Waals surface area contributed by atoms with Crippen LogP contribution in [-0.4, -0.2) is 31.0 Å². The van der Waals surface area contributed by atoms with Crippen molar-refractivity contribution in [1.82, 2.24) is 9.46 Å². The normalized spacial score (nSPS) is 11.9. The Kier molecular flexibility index (Phi) is 5.43. The molecule has 0 amide bonds. The van der Waals surface area contributed by atoms with Gasteiger partial charge in [-0.05, 0) is 32.0 Å². The van der Waals surface area contributed by atoms with Crippen molar-refractivity contribution < 1.29 is 12.9 Å². The van der Waals surface area contributed by atoms with Crippen LogP contribution in [0.1, 0.15) is 30.9 Å². The van der Waals surface area contributed by atoms with E-state index in [1.807, 2.05) is 33.8 Å². The quantitative estimate of drug-likeness (QED) is 0.841. The highest BCUT2D eigenvalue weighted by atomic mass is 32.2. The van der Waals surface area contributed by atoms with Crippen molar-refractivity contribution >= 4 is 15.7 Å². The van der Waals surface area contributed by atoms with Crippen molar-refractivity contribution in [2.45, 2.75) is 39.1 Å². The number of benzene rings is 1. The van der Waals surface area contributed by atoms with Gasteiger partial charge in [-0.1, -0.05) is 25.1 Å². The summed E-state index contributed by atoms with van der Waals surface area (Å²) in [6.45, 7) is 8.86. The van der Waals surface area contributed by atoms with E-state index in [2.05, 4.69) is 10.5 Å². The topological polar surface area (TPSA) is 75.4 Å². The molecule has 1 N–H and O–H groups in total. The lowest BCUT2D eigenvalue weighted by molar-refractivity contribution is 0.392. The van der Waals surface area contributed by atoms with E-state index in [-0.39, 0.29) is 0 Å². The number of sulfonamides is 1. The predicted octanol–water partition coefficient (Wildman–Crippen LogP) is 2.93. The zero-order chi connectivity index (χ0) is 17.0. The third kappa shape index (κ3) is 3.73. The highest BCUT2D eigenvalue weighted by Gasteiger charge is 2.21. The minimum atomic E-state index is -3.45. The van der Waals surface area contributed by atoms with Crippen molar-refractivity contribution in [3.8, 4) is 0 Å². The van der Waals surface area contributed by atoms with Gasteiger partial charge in [0, 0.05) is 30.9 Å². The molecule has 6 nitrogen and oxygen atoms in total. The van der Waals surface area contributed by atoms with Crippen LogP contribution in [0, 0.1) is 13.8 Å². The summed E-state index contributed by atoms with van der Waals surface area (Å²) in [5.41, 5.74) is 2.57. The fourth-order valence-corrected chi connectivity index (χ4v) is 3.93. The standard InChI is InChI=1S/C16H23N3O3S/c1-5-19(6-2)23(20,21)15-9-7-8-14(10-15)17-11-16-12(3)18-22-13(16)4/h7-10,17H,5-6,11H2,1-4H3. The lowest BCUT2D eigenvalue weighted by Crippen LogP contribution is -2.30. The Labute approximate surface area is 137 Å². The van der Waals surface area contributed by atoms with E-state index < -0.39 is 10.0 Å². The number of aryl methyl sites for hydroxylation is 2. The Morgan fingerprint density at radius 3 is 2.48 bits per heavy atom. The Morgan fingerprint density at radius 2 is 1.91 bits per heavy atom. The van der Waals surface area contributed by atoms with Gasteiger partial charge in [0.15, 0.2) is 0 Å². The number of anilines is 1. The Bertz CT molecular complexity index is 745. The minimum Gasteiger partial charge on any atom is -0.381 e. The monoisotopic (exact) mass is 337 g/mol. The number of rotatable bonds is 7. The molecule has 0 radical (unpaired) electrons. The average Bonchev–Trinajstić information content (AvgIpc) is 2.85. The summed E-state index contributed by atoms with van der Waals surface area (Å²) in [6, 6.07) is 6.87. The summed E-state index contributed by atoms with van der Waals surface area (Å²) in [4.78, 5) is 0.296. The molecule has 1 heterocycles. The van der Waals surface area contributed by atoms with Gasteiger partial charge in [-0.15, -0.1) is 0 Å². The Hall–Kier alpha value is -1.86. The summed E-state index contributed by atoms with van der Waals surface area (Å²) in [6.07, 6.45) is 0. The van der Waals surface area contributed by atoms with E-state index in [4.69, 9.17) is 4.52 Å². The molecule has 0 bridgehead atoms. The van der Waals surface area contributed by atoms with Gasteiger partial charge >= 0.3 is 0 Å². The molecular weight excluding hydrogens is 314 g/mol. The van der Waals surface area contributed by atoms with Gasteiger partial charge in [-0.25, -0.2) is 8.42 Å². The number of hydrogen-bond donors (Lipinski definition) is 1. The SMILES string of the molecule is CCN(CC)S(=O)(=O)c1cccc(NCc2c(C)noc2C)c1. The zero-order valence-electron chi connectivity index (χ0n) is 14.0. The average molecular weight is 337 g/mol. The molecule has 0 aliphatic carbocycles. The molecule has 0 saturated carbocycles. The summed E-state index contributed by atoms with van der Waals surface area (Å²) in [7, 11) is -3.45. The van der Waals surface area contributed by atoms with E-state index in [0.29, 0.717) is 24.5 Å². The zero-order valence-corrected chi connectivity index (χ0v) is 14.8. The second kappa shape index (κ2) is 7.14. The van der Waals surface area contributed by atoms with Crippen LogP contribution < -0.4 is 5.32 Å². The Morgan fingerprint density at radius 1 is 1.22 bits per heavy atom. The molecule has 0 saturated heterocycles. The number of nitrogens with one attached hydrogen (secondary N) is 1. The van der Waals surface area contributed by atoms with E-state index >= 15 is 0 Å². The first-order valence-electron chi connectivity index (χ1n) is 7.66. The van der Waals surface area contributed by atoms with Gasteiger partial charge in [0.1, 0.15) is 5.76 Å². The summed E-state index contributed by atoms with van der Waals surface area (Å²) in [5, 5.41) is 7.15. The molecule has 0 aliphatic heterocycles.